The number of unbranched alkanes of at least 4 members (excludes halogenated alkanes) is 4. The summed E-state index contributed by atoms with van der Waals surface area (Å²) in [6, 6.07) is 11.8. The van der Waals surface area contributed by atoms with E-state index in [9.17, 15) is 4.79 Å². The van der Waals surface area contributed by atoms with Gasteiger partial charge in [-0.25, -0.2) is 4.98 Å². The van der Waals surface area contributed by atoms with Crippen molar-refractivity contribution in [3.63, 3.8) is 0 Å². The first-order valence-corrected chi connectivity index (χ1v) is 11.5. The van der Waals surface area contributed by atoms with Crippen molar-refractivity contribution in [1.29, 1.82) is 0 Å². The smallest absolute Gasteiger partial charge is 0.267 e. The van der Waals surface area contributed by atoms with Crippen molar-refractivity contribution >= 4 is 22.9 Å². The van der Waals surface area contributed by atoms with Gasteiger partial charge in [0.25, 0.3) is 5.91 Å². The maximum atomic E-state index is 12.8. The van der Waals surface area contributed by atoms with Crippen LogP contribution in [-0.4, -0.2) is 28.5 Å². The molecule has 0 radical (unpaired) electrons. The molecular weight excluding hydrogens is 394 g/mol. The number of benzene rings is 1. The number of carbonyl (C=O) groups excluding carboxylic acids is 1. The molecular formula is C24H27N3O2S. The van der Waals surface area contributed by atoms with E-state index < -0.39 is 6.10 Å². The number of rotatable bonds is 8. The molecule has 156 valence electrons. The average molecular weight is 422 g/mol. The molecule has 1 aromatic carbocycles. The SMILES string of the molecule is CCCCCCCN1C(=O)C(C)Oc2ccc(-c3csc(-c4ccccn4)n3)cc21. The van der Waals surface area contributed by atoms with E-state index in [-0.39, 0.29) is 5.91 Å². The van der Waals surface area contributed by atoms with Crippen molar-refractivity contribution in [2.24, 2.45) is 0 Å². The normalized spacial score (nSPS) is 15.7. The minimum atomic E-state index is -0.450. The molecule has 1 unspecified atom stereocenters. The lowest BCUT2D eigenvalue weighted by molar-refractivity contribution is -0.125. The molecule has 2 aromatic heterocycles. The maximum Gasteiger partial charge on any atom is 0.267 e. The van der Waals surface area contributed by atoms with Gasteiger partial charge in [0.05, 0.1) is 17.1 Å². The van der Waals surface area contributed by atoms with Crippen LogP contribution >= 0.6 is 11.3 Å². The topological polar surface area (TPSA) is 55.3 Å². The van der Waals surface area contributed by atoms with Gasteiger partial charge >= 0.3 is 0 Å². The van der Waals surface area contributed by atoms with E-state index in [1.165, 1.54) is 19.3 Å². The second-order valence-electron chi connectivity index (χ2n) is 7.60. The van der Waals surface area contributed by atoms with Crippen molar-refractivity contribution in [1.82, 2.24) is 9.97 Å². The van der Waals surface area contributed by atoms with Crippen LogP contribution in [-0.2, 0) is 4.79 Å². The Balaban J connectivity index is 1.58. The second-order valence-corrected chi connectivity index (χ2v) is 8.46. The molecule has 3 heterocycles. The Morgan fingerprint density at radius 3 is 2.77 bits per heavy atom. The van der Waals surface area contributed by atoms with E-state index in [2.05, 4.69) is 11.9 Å². The number of fused-ring (bicyclic) bond motifs is 1. The van der Waals surface area contributed by atoms with E-state index in [1.54, 1.807) is 17.5 Å². The second kappa shape index (κ2) is 9.39. The number of carbonyl (C=O) groups is 1. The van der Waals surface area contributed by atoms with Gasteiger partial charge in [-0.05, 0) is 43.7 Å². The van der Waals surface area contributed by atoms with Crippen LogP contribution < -0.4 is 9.64 Å². The number of hydrogen-bond acceptors (Lipinski definition) is 5. The number of hydrogen-bond donors (Lipinski definition) is 0. The highest BCUT2D eigenvalue weighted by Gasteiger charge is 2.31. The third-order valence-corrected chi connectivity index (χ3v) is 6.20. The molecule has 0 saturated heterocycles. The molecule has 0 fully saturated rings. The van der Waals surface area contributed by atoms with Gasteiger partial charge in [-0.2, -0.15) is 0 Å². The summed E-state index contributed by atoms with van der Waals surface area (Å²) in [5, 5.41) is 2.92. The lowest BCUT2D eigenvalue weighted by atomic mass is 10.1. The van der Waals surface area contributed by atoms with Gasteiger partial charge in [0.2, 0.25) is 0 Å². The van der Waals surface area contributed by atoms with Gasteiger partial charge in [0.15, 0.2) is 6.10 Å². The summed E-state index contributed by atoms with van der Waals surface area (Å²) in [6.45, 7) is 4.76. The lowest BCUT2D eigenvalue weighted by Crippen LogP contribution is -2.44. The first kappa shape index (κ1) is 20.5. The summed E-state index contributed by atoms with van der Waals surface area (Å²) in [4.78, 5) is 23.9. The number of ether oxygens (including phenoxy) is 1. The summed E-state index contributed by atoms with van der Waals surface area (Å²) >= 11 is 1.57. The maximum absolute atomic E-state index is 12.8. The highest BCUT2D eigenvalue weighted by Crippen LogP contribution is 2.38. The number of pyridine rings is 1. The number of nitrogens with zero attached hydrogens (tertiary/aromatic N) is 3. The average Bonchev–Trinajstić information content (AvgIpc) is 3.27. The molecule has 3 aromatic rings. The van der Waals surface area contributed by atoms with Gasteiger partial charge < -0.3 is 9.64 Å². The molecule has 1 atom stereocenters. The van der Waals surface area contributed by atoms with Gasteiger partial charge in [0.1, 0.15) is 10.8 Å². The Kier molecular flexibility index (Phi) is 6.43. The minimum Gasteiger partial charge on any atom is -0.479 e. The fraction of sp³-hybridized carbons (Fsp3) is 0.375. The number of aromatic nitrogens is 2. The predicted molar refractivity (Wildman–Crippen MR) is 122 cm³/mol. The molecule has 6 heteroatoms. The fourth-order valence-corrected chi connectivity index (χ4v) is 4.49. The highest BCUT2D eigenvalue weighted by atomic mass is 32.1. The van der Waals surface area contributed by atoms with Crippen molar-refractivity contribution in [3.05, 3.63) is 48.0 Å². The number of anilines is 1. The monoisotopic (exact) mass is 421 g/mol. The Morgan fingerprint density at radius 1 is 1.10 bits per heavy atom. The molecule has 0 bridgehead atoms. The van der Waals surface area contributed by atoms with E-state index in [1.807, 2.05) is 53.6 Å². The predicted octanol–water partition coefficient (Wildman–Crippen LogP) is 5.96. The zero-order valence-electron chi connectivity index (χ0n) is 17.5. The van der Waals surface area contributed by atoms with E-state index in [0.29, 0.717) is 0 Å². The number of thiazole rings is 1. The zero-order valence-corrected chi connectivity index (χ0v) is 18.3. The Labute approximate surface area is 181 Å². The summed E-state index contributed by atoms with van der Waals surface area (Å²) < 4.78 is 5.87. The van der Waals surface area contributed by atoms with Crippen molar-refractivity contribution in [2.75, 3.05) is 11.4 Å². The van der Waals surface area contributed by atoms with Crippen LogP contribution in [0, 0.1) is 0 Å². The molecule has 1 aliphatic rings. The quantitative estimate of drug-likeness (QED) is 0.421. The third kappa shape index (κ3) is 4.38. The summed E-state index contributed by atoms with van der Waals surface area (Å²) in [6.07, 6.45) is 7.15. The van der Waals surface area contributed by atoms with E-state index in [0.717, 1.165) is 52.8 Å². The molecule has 0 saturated carbocycles. The molecule has 30 heavy (non-hydrogen) atoms. The van der Waals surface area contributed by atoms with Crippen molar-refractivity contribution < 1.29 is 9.53 Å². The molecule has 1 aliphatic heterocycles. The largest absolute Gasteiger partial charge is 0.479 e. The third-order valence-electron chi connectivity index (χ3n) is 5.34. The van der Waals surface area contributed by atoms with E-state index in [4.69, 9.17) is 9.72 Å². The highest BCUT2D eigenvalue weighted by molar-refractivity contribution is 7.13. The Bertz CT molecular complexity index is 1000. The van der Waals surface area contributed by atoms with Crippen LogP contribution in [0.2, 0.25) is 0 Å². The molecule has 0 spiro atoms. The first-order valence-electron chi connectivity index (χ1n) is 10.7. The van der Waals surface area contributed by atoms with Crippen LogP contribution in [0.5, 0.6) is 5.75 Å². The molecule has 5 nitrogen and oxygen atoms in total. The summed E-state index contributed by atoms with van der Waals surface area (Å²) in [5.41, 5.74) is 3.58. The first-order chi connectivity index (χ1) is 14.7. The van der Waals surface area contributed by atoms with Crippen molar-refractivity contribution in [3.8, 4) is 27.7 Å². The van der Waals surface area contributed by atoms with Crippen LogP contribution in [0.4, 0.5) is 5.69 Å². The number of amides is 1. The Morgan fingerprint density at radius 2 is 1.97 bits per heavy atom. The van der Waals surface area contributed by atoms with Gasteiger partial charge in [0, 0.05) is 23.7 Å². The standard InChI is InChI=1S/C24H27N3O2S/c1-3-4-5-6-9-14-27-21-15-18(11-12-22(21)29-17(2)24(27)28)20-16-30-23(26-20)19-10-7-8-13-25-19/h7-8,10-13,15-17H,3-6,9,14H2,1-2H3. The molecule has 1 amide bonds. The minimum absolute atomic E-state index is 0.0302. The molecule has 0 N–H and O–H groups in total. The Hall–Kier alpha value is -2.73. The van der Waals surface area contributed by atoms with Crippen LogP contribution in [0.3, 0.4) is 0 Å². The van der Waals surface area contributed by atoms with Gasteiger partial charge in [-0.1, -0.05) is 38.7 Å². The van der Waals surface area contributed by atoms with Crippen LogP contribution in [0.1, 0.15) is 46.0 Å². The fourth-order valence-electron chi connectivity index (χ4n) is 3.68. The van der Waals surface area contributed by atoms with Gasteiger partial charge in [-0.3, -0.25) is 9.78 Å². The molecule has 4 rings (SSSR count). The van der Waals surface area contributed by atoms with Crippen LogP contribution in [0.25, 0.3) is 22.0 Å². The summed E-state index contributed by atoms with van der Waals surface area (Å²) in [7, 11) is 0. The zero-order chi connectivity index (χ0) is 20.9. The van der Waals surface area contributed by atoms with E-state index >= 15 is 0 Å². The molecule has 0 aliphatic carbocycles. The van der Waals surface area contributed by atoms with Crippen molar-refractivity contribution in [2.45, 2.75) is 52.1 Å². The van der Waals surface area contributed by atoms with Gasteiger partial charge in [-0.15, -0.1) is 11.3 Å². The lowest BCUT2D eigenvalue weighted by Gasteiger charge is -2.33. The van der Waals surface area contributed by atoms with Crippen LogP contribution in [0.15, 0.2) is 48.0 Å². The summed E-state index contributed by atoms with van der Waals surface area (Å²) in [5.74, 6) is 0.794.